The maximum Gasteiger partial charge on any atom is 0.410 e. The van der Waals surface area contributed by atoms with Gasteiger partial charge in [-0.05, 0) is 20.8 Å². The van der Waals surface area contributed by atoms with Crippen molar-refractivity contribution in [3.05, 3.63) is 0 Å². The number of rotatable bonds is 0. The first kappa shape index (κ1) is 11.7. The fourth-order valence-corrected chi connectivity index (χ4v) is 1.94. The van der Waals surface area contributed by atoms with Crippen molar-refractivity contribution in [3.8, 4) is 0 Å². The van der Waals surface area contributed by atoms with Crippen LogP contribution in [0, 0.1) is 0 Å². The fourth-order valence-electron chi connectivity index (χ4n) is 1.94. The van der Waals surface area contributed by atoms with Gasteiger partial charge in [-0.3, -0.25) is 0 Å². The van der Waals surface area contributed by atoms with Gasteiger partial charge in [0.2, 0.25) is 0 Å². The third kappa shape index (κ3) is 2.47. The Morgan fingerprint density at radius 2 is 2.12 bits per heavy atom. The highest BCUT2D eigenvalue weighted by molar-refractivity contribution is 5.68. The van der Waals surface area contributed by atoms with Gasteiger partial charge < -0.3 is 19.7 Å². The van der Waals surface area contributed by atoms with Gasteiger partial charge in [-0.25, -0.2) is 4.79 Å². The van der Waals surface area contributed by atoms with Crippen LogP contribution in [0.5, 0.6) is 0 Å². The smallest absolute Gasteiger partial charge is 0.410 e. The van der Waals surface area contributed by atoms with Gasteiger partial charge >= 0.3 is 6.09 Å². The SMILES string of the molecule is CC(C)(C)OC(=O)N1CCOC2(CNC2)C1. The number of amides is 1. The van der Waals surface area contributed by atoms with Crippen molar-refractivity contribution in [1.82, 2.24) is 10.2 Å². The zero-order valence-corrected chi connectivity index (χ0v) is 10.2. The van der Waals surface area contributed by atoms with Gasteiger partial charge in [0.25, 0.3) is 0 Å². The third-order valence-corrected chi connectivity index (χ3v) is 2.79. The minimum Gasteiger partial charge on any atom is -0.444 e. The van der Waals surface area contributed by atoms with Crippen molar-refractivity contribution in [2.45, 2.75) is 32.0 Å². The summed E-state index contributed by atoms with van der Waals surface area (Å²) < 4.78 is 11.1. The van der Waals surface area contributed by atoms with E-state index >= 15 is 0 Å². The molecule has 0 aromatic heterocycles. The van der Waals surface area contributed by atoms with E-state index in [1.165, 1.54) is 0 Å². The number of ether oxygens (including phenoxy) is 2. The molecule has 2 heterocycles. The van der Waals surface area contributed by atoms with Crippen molar-refractivity contribution in [2.75, 3.05) is 32.8 Å². The molecule has 1 amide bonds. The molecule has 1 N–H and O–H groups in total. The van der Waals surface area contributed by atoms with Crippen molar-refractivity contribution in [3.63, 3.8) is 0 Å². The van der Waals surface area contributed by atoms with E-state index in [9.17, 15) is 4.79 Å². The molecule has 0 aromatic carbocycles. The van der Waals surface area contributed by atoms with Crippen molar-refractivity contribution in [1.29, 1.82) is 0 Å². The molecule has 2 rings (SSSR count). The molecule has 5 nitrogen and oxygen atoms in total. The van der Waals surface area contributed by atoms with Crippen molar-refractivity contribution < 1.29 is 14.3 Å². The highest BCUT2D eigenvalue weighted by atomic mass is 16.6. The van der Waals surface area contributed by atoms with Crippen LogP contribution < -0.4 is 5.32 Å². The molecule has 0 aromatic rings. The van der Waals surface area contributed by atoms with E-state index < -0.39 is 5.60 Å². The summed E-state index contributed by atoms with van der Waals surface area (Å²) >= 11 is 0. The zero-order chi connectivity index (χ0) is 11.8. The third-order valence-electron chi connectivity index (χ3n) is 2.79. The van der Waals surface area contributed by atoms with Crippen LogP contribution in [0.25, 0.3) is 0 Å². The second-order valence-corrected chi connectivity index (χ2v) is 5.54. The second kappa shape index (κ2) is 3.89. The molecular formula is C11H20N2O3. The summed E-state index contributed by atoms with van der Waals surface area (Å²) in [5, 5.41) is 3.18. The summed E-state index contributed by atoms with van der Waals surface area (Å²) in [6.07, 6.45) is -0.234. The fraction of sp³-hybridized carbons (Fsp3) is 0.909. The van der Waals surface area contributed by atoms with Crippen LogP contribution in [-0.4, -0.2) is 55.0 Å². The molecule has 0 atom stereocenters. The van der Waals surface area contributed by atoms with Crippen LogP contribution >= 0.6 is 0 Å². The summed E-state index contributed by atoms with van der Waals surface area (Å²) in [7, 11) is 0. The molecule has 5 heteroatoms. The standard InChI is InChI=1S/C11H20N2O3/c1-10(2,3)16-9(14)13-4-5-15-11(8-13)6-12-7-11/h12H,4-8H2,1-3H3. The Morgan fingerprint density at radius 1 is 1.44 bits per heavy atom. The Bertz CT molecular complexity index is 281. The van der Waals surface area contributed by atoms with Crippen LogP contribution in [0.15, 0.2) is 0 Å². The number of carbonyl (C=O) groups excluding carboxylic acids is 1. The molecule has 0 unspecified atom stereocenters. The van der Waals surface area contributed by atoms with Gasteiger partial charge in [0.05, 0.1) is 13.2 Å². The normalized spacial score (nSPS) is 24.1. The number of hydrogen-bond donors (Lipinski definition) is 1. The van der Waals surface area contributed by atoms with Crippen LogP contribution in [0.2, 0.25) is 0 Å². The Hall–Kier alpha value is -0.810. The van der Waals surface area contributed by atoms with E-state index in [1.807, 2.05) is 20.8 Å². The van der Waals surface area contributed by atoms with E-state index in [1.54, 1.807) is 4.90 Å². The number of nitrogens with one attached hydrogen (secondary N) is 1. The number of nitrogens with zero attached hydrogens (tertiary/aromatic N) is 1. The minimum absolute atomic E-state index is 0.158. The van der Waals surface area contributed by atoms with Crippen molar-refractivity contribution >= 4 is 6.09 Å². The van der Waals surface area contributed by atoms with Crippen LogP contribution in [0.1, 0.15) is 20.8 Å². The Labute approximate surface area is 96.1 Å². The maximum absolute atomic E-state index is 11.9. The summed E-state index contributed by atoms with van der Waals surface area (Å²) in [6.45, 7) is 9.15. The van der Waals surface area contributed by atoms with Gasteiger partial charge in [0.15, 0.2) is 0 Å². The summed E-state index contributed by atoms with van der Waals surface area (Å²) in [5.74, 6) is 0. The van der Waals surface area contributed by atoms with E-state index in [4.69, 9.17) is 9.47 Å². The quantitative estimate of drug-likeness (QED) is 0.659. The lowest BCUT2D eigenvalue weighted by molar-refractivity contribution is -0.133. The average molecular weight is 228 g/mol. The van der Waals surface area contributed by atoms with Crippen molar-refractivity contribution in [2.24, 2.45) is 0 Å². The maximum atomic E-state index is 11.9. The van der Waals surface area contributed by atoms with Gasteiger partial charge in [-0.2, -0.15) is 0 Å². The molecule has 0 bridgehead atoms. The van der Waals surface area contributed by atoms with E-state index in [0.717, 1.165) is 13.1 Å². The first-order chi connectivity index (χ1) is 7.40. The molecule has 92 valence electrons. The highest BCUT2D eigenvalue weighted by Crippen LogP contribution is 2.23. The molecule has 2 aliphatic heterocycles. The van der Waals surface area contributed by atoms with E-state index in [2.05, 4.69) is 5.32 Å². The monoisotopic (exact) mass is 228 g/mol. The molecule has 1 spiro atoms. The summed E-state index contributed by atoms with van der Waals surface area (Å²) in [6, 6.07) is 0. The van der Waals surface area contributed by atoms with Gasteiger partial charge in [0.1, 0.15) is 11.2 Å². The first-order valence-corrected chi connectivity index (χ1v) is 5.73. The molecule has 2 aliphatic rings. The van der Waals surface area contributed by atoms with E-state index in [0.29, 0.717) is 19.7 Å². The first-order valence-electron chi connectivity index (χ1n) is 5.73. The van der Waals surface area contributed by atoms with Crippen LogP contribution in [-0.2, 0) is 9.47 Å². The number of hydrogen-bond acceptors (Lipinski definition) is 4. The summed E-state index contributed by atoms with van der Waals surface area (Å²) in [5.41, 5.74) is -0.588. The van der Waals surface area contributed by atoms with Crippen LogP contribution in [0.4, 0.5) is 4.79 Å². The second-order valence-electron chi connectivity index (χ2n) is 5.54. The summed E-state index contributed by atoms with van der Waals surface area (Å²) in [4.78, 5) is 13.6. The molecule has 2 saturated heterocycles. The molecule has 16 heavy (non-hydrogen) atoms. The number of morpholine rings is 1. The predicted octanol–water partition coefficient (Wildman–Crippen LogP) is 0.596. The molecule has 0 saturated carbocycles. The lowest BCUT2D eigenvalue weighted by Gasteiger charge is -2.48. The Morgan fingerprint density at radius 3 is 2.62 bits per heavy atom. The molecule has 0 aliphatic carbocycles. The zero-order valence-electron chi connectivity index (χ0n) is 10.2. The Balaban J connectivity index is 1.91. The van der Waals surface area contributed by atoms with Gasteiger partial charge in [0, 0.05) is 19.6 Å². The topological polar surface area (TPSA) is 50.8 Å². The van der Waals surface area contributed by atoms with E-state index in [-0.39, 0.29) is 11.7 Å². The lowest BCUT2D eigenvalue weighted by atomic mass is 9.95. The largest absolute Gasteiger partial charge is 0.444 e. The Kier molecular flexibility index (Phi) is 2.84. The number of carbonyl (C=O) groups is 1. The lowest BCUT2D eigenvalue weighted by Crippen LogP contribution is -2.69. The van der Waals surface area contributed by atoms with Gasteiger partial charge in [-0.1, -0.05) is 0 Å². The van der Waals surface area contributed by atoms with Gasteiger partial charge in [-0.15, -0.1) is 0 Å². The molecular weight excluding hydrogens is 208 g/mol. The molecule has 0 radical (unpaired) electrons. The highest BCUT2D eigenvalue weighted by Gasteiger charge is 2.44. The minimum atomic E-state index is -0.430. The average Bonchev–Trinajstić information content (AvgIpc) is 2.13. The molecule has 2 fully saturated rings. The predicted molar refractivity (Wildman–Crippen MR) is 59.4 cm³/mol. The van der Waals surface area contributed by atoms with Crippen LogP contribution in [0.3, 0.4) is 0 Å².